The lowest BCUT2D eigenvalue weighted by Crippen LogP contribution is -2.47. The lowest BCUT2D eigenvalue weighted by molar-refractivity contribution is 0.0472. The van der Waals surface area contributed by atoms with Gasteiger partial charge in [-0.3, -0.25) is 4.90 Å². The molecule has 3 rings (SSSR count). The van der Waals surface area contributed by atoms with E-state index in [4.69, 9.17) is 9.84 Å². The highest BCUT2D eigenvalue weighted by atomic mass is 16.6. The number of likely N-dealkylation sites (tertiary alicyclic amines) is 1. The Morgan fingerprint density at radius 1 is 1.38 bits per heavy atom. The van der Waals surface area contributed by atoms with Gasteiger partial charge in [0, 0.05) is 31.2 Å². The molecule has 2 N–H and O–H groups in total. The molecule has 120 valence electrons. The fraction of sp³-hybridized carbons (Fsp3) is 0.938. The third kappa shape index (κ3) is 3.19. The molecule has 0 unspecified atom stereocenters. The van der Waals surface area contributed by atoms with E-state index >= 15 is 0 Å². The van der Waals surface area contributed by atoms with E-state index in [0.717, 1.165) is 25.9 Å². The van der Waals surface area contributed by atoms with Crippen LogP contribution < -0.4 is 5.32 Å². The average molecular weight is 296 g/mol. The third-order valence-corrected chi connectivity index (χ3v) is 5.24. The molecule has 1 spiro atoms. The number of amides is 1. The third-order valence-electron chi connectivity index (χ3n) is 5.24. The Kier molecular flexibility index (Phi) is 3.69. The zero-order valence-corrected chi connectivity index (χ0v) is 13.4. The van der Waals surface area contributed by atoms with E-state index in [-0.39, 0.29) is 12.1 Å². The van der Waals surface area contributed by atoms with Gasteiger partial charge in [-0.25, -0.2) is 4.79 Å². The van der Waals surface area contributed by atoms with Crippen molar-refractivity contribution in [2.24, 2.45) is 11.3 Å². The average Bonchev–Trinajstić information content (AvgIpc) is 2.96. The summed E-state index contributed by atoms with van der Waals surface area (Å²) in [6, 6.07) is 0.825. The molecule has 0 aromatic carbocycles. The topological polar surface area (TPSA) is 61.8 Å². The minimum atomic E-state index is -0.443. The maximum Gasteiger partial charge on any atom is 0.407 e. The second-order valence-electron chi connectivity index (χ2n) is 8.16. The second kappa shape index (κ2) is 5.13. The number of carbonyl (C=O) groups excluding carboxylic acids is 1. The van der Waals surface area contributed by atoms with Crippen molar-refractivity contribution in [2.75, 3.05) is 19.7 Å². The summed E-state index contributed by atoms with van der Waals surface area (Å²) in [4.78, 5) is 14.5. The molecule has 21 heavy (non-hydrogen) atoms. The lowest BCUT2D eigenvalue weighted by Gasteiger charge is -2.40. The molecule has 1 heterocycles. The van der Waals surface area contributed by atoms with Gasteiger partial charge in [0.25, 0.3) is 0 Å². The summed E-state index contributed by atoms with van der Waals surface area (Å²) in [6.07, 6.45) is 4.33. The number of carbonyl (C=O) groups is 1. The molecule has 0 aromatic heterocycles. The van der Waals surface area contributed by atoms with Crippen LogP contribution in [0.5, 0.6) is 0 Å². The first-order valence-corrected chi connectivity index (χ1v) is 8.16. The Balaban J connectivity index is 1.53. The summed E-state index contributed by atoms with van der Waals surface area (Å²) in [5.74, 6) is 0.489. The zero-order chi connectivity index (χ0) is 15.3. The number of aliphatic hydroxyl groups excluding tert-OH is 1. The van der Waals surface area contributed by atoms with Crippen molar-refractivity contribution in [3.8, 4) is 0 Å². The van der Waals surface area contributed by atoms with Crippen molar-refractivity contribution in [3.63, 3.8) is 0 Å². The highest BCUT2D eigenvalue weighted by Gasteiger charge is 2.57. The number of nitrogens with zero attached hydrogens (tertiary/aromatic N) is 1. The van der Waals surface area contributed by atoms with E-state index in [9.17, 15) is 4.79 Å². The van der Waals surface area contributed by atoms with Crippen LogP contribution in [-0.2, 0) is 4.74 Å². The van der Waals surface area contributed by atoms with Crippen LogP contribution >= 0.6 is 0 Å². The number of hydrogen-bond acceptors (Lipinski definition) is 4. The van der Waals surface area contributed by atoms with Gasteiger partial charge in [0.1, 0.15) is 5.60 Å². The number of nitrogens with one attached hydrogen (secondary N) is 1. The van der Waals surface area contributed by atoms with Gasteiger partial charge in [-0.05, 0) is 52.4 Å². The maximum atomic E-state index is 12.0. The van der Waals surface area contributed by atoms with Crippen LogP contribution in [0, 0.1) is 11.3 Å². The Morgan fingerprint density at radius 3 is 2.57 bits per heavy atom. The van der Waals surface area contributed by atoms with Crippen molar-refractivity contribution >= 4 is 6.09 Å². The Labute approximate surface area is 127 Å². The molecule has 3 aliphatic rings. The van der Waals surface area contributed by atoms with Crippen molar-refractivity contribution in [1.82, 2.24) is 10.2 Å². The molecule has 5 heteroatoms. The first-order chi connectivity index (χ1) is 9.81. The molecule has 2 aliphatic carbocycles. The van der Waals surface area contributed by atoms with Gasteiger partial charge >= 0.3 is 6.09 Å². The Morgan fingerprint density at radius 2 is 2.05 bits per heavy atom. The first kappa shape index (κ1) is 15.1. The number of rotatable bonds is 3. The number of alkyl carbamates (subject to hydrolysis) is 1. The van der Waals surface area contributed by atoms with Crippen LogP contribution in [0.3, 0.4) is 0 Å². The molecular weight excluding hydrogens is 268 g/mol. The van der Waals surface area contributed by atoms with E-state index in [2.05, 4.69) is 10.2 Å². The van der Waals surface area contributed by atoms with Gasteiger partial charge in [0.15, 0.2) is 0 Å². The zero-order valence-electron chi connectivity index (χ0n) is 13.4. The number of ether oxygens (including phenoxy) is 1. The Bertz CT molecular complexity index is 408. The molecule has 0 radical (unpaired) electrons. The van der Waals surface area contributed by atoms with Crippen LogP contribution in [0.15, 0.2) is 0 Å². The predicted molar refractivity (Wildman–Crippen MR) is 80.0 cm³/mol. The molecule has 0 aromatic rings. The molecular formula is C16H28N2O3. The molecule has 2 saturated carbocycles. The van der Waals surface area contributed by atoms with Crippen molar-refractivity contribution < 1.29 is 14.6 Å². The normalized spacial score (nSPS) is 34.6. The van der Waals surface area contributed by atoms with Crippen LogP contribution in [0.2, 0.25) is 0 Å². The van der Waals surface area contributed by atoms with Gasteiger partial charge in [-0.1, -0.05) is 0 Å². The maximum absolute atomic E-state index is 12.0. The summed E-state index contributed by atoms with van der Waals surface area (Å²) in [5, 5.41) is 12.2. The minimum absolute atomic E-state index is 0.223. The molecule has 1 atom stereocenters. The molecule has 5 nitrogen and oxygen atoms in total. The van der Waals surface area contributed by atoms with E-state index in [0.29, 0.717) is 24.0 Å². The van der Waals surface area contributed by atoms with E-state index in [1.807, 2.05) is 20.8 Å². The molecule has 0 bridgehead atoms. The van der Waals surface area contributed by atoms with Crippen LogP contribution in [0.1, 0.15) is 46.5 Å². The molecule has 1 aliphatic heterocycles. The SMILES string of the molecule is CC(C)(C)OC(=O)N[C@H]1CN(C2CC(CO)C2)CC12CC2. The predicted octanol–water partition coefficient (Wildman–Crippen LogP) is 1.75. The summed E-state index contributed by atoms with van der Waals surface area (Å²) in [7, 11) is 0. The lowest BCUT2D eigenvalue weighted by atomic mass is 9.80. The van der Waals surface area contributed by atoms with E-state index in [1.165, 1.54) is 12.8 Å². The summed E-state index contributed by atoms with van der Waals surface area (Å²) >= 11 is 0. The molecule has 1 saturated heterocycles. The van der Waals surface area contributed by atoms with E-state index < -0.39 is 5.60 Å². The van der Waals surface area contributed by atoms with E-state index in [1.54, 1.807) is 0 Å². The summed E-state index contributed by atoms with van der Waals surface area (Å²) < 4.78 is 5.39. The second-order valence-corrected chi connectivity index (χ2v) is 8.16. The smallest absolute Gasteiger partial charge is 0.407 e. The Hall–Kier alpha value is -0.810. The standard InChI is InChI=1S/C16H28N2O3/c1-15(2,3)21-14(20)17-13-8-18(10-16(13)4-5-16)12-6-11(7-12)9-19/h11-13,19H,4-10H2,1-3H3,(H,17,20)/t11?,12?,13-/m0/s1. The first-order valence-electron chi connectivity index (χ1n) is 8.16. The number of aliphatic hydroxyl groups is 1. The summed E-state index contributed by atoms with van der Waals surface area (Å²) in [6.45, 7) is 8.02. The molecule has 3 fully saturated rings. The van der Waals surface area contributed by atoms with Crippen molar-refractivity contribution in [3.05, 3.63) is 0 Å². The molecule has 1 amide bonds. The van der Waals surface area contributed by atoms with Gasteiger partial charge in [-0.15, -0.1) is 0 Å². The van der Waals surface area contributed by atoms with Gasteiger partial charge in [0.2, 0.25) is 0 Å². The van der Waals surface area contributed by atoms with Gasteiger partial charge in [0.05, 0.1) is 6.04 Å². The van der Waals surface area contributed by atoms with Crippen molar-refractivity contribution in [1.29, 1.82) is 0 Å². The van der Waals surface area contributed by atoms with Crippen LogP contribution in [-0.4, -0.2) is 53.5 Å². The minimum Gasteiger partial charge on any atom is -0.444 e. The highest BCUT2D eigenvalue weighted by Crippen LogP contribution is 2.54. The monoisotopic (exact) mass is 296 g/mol. The van der Waals surface area contributed by atoms with Gasteiger partial charge in [-0.2, -0.15) is 0 Å². The highest BCUT2D eigenvalue weighted by molar-refractivity contribution is 5.68. The fourth-order valence-corrected chi connectivity index (χ4v) is 3.75. The fourth-order valence-electron chi connectivity index (χ4n) is 3.75. The van der Waals surface area contributed by atoms with Crippen molar-refractivity contribution in [2.45, 2.75) is 64.1 Å². The van der Waals surface area contributed by atoms with Crippen LogP contribution in [0.25, 0.3) is 0 Å². The summed E-state index contributed by atoms with van der Waals surface area (Å²) in [5.41, 5.74) is -0.150. The number of hydrogen-bond donors (Lipinski definition) is 2. The largest absolute Gasteiger partial charge is 0.444 e. The van der Waals surface area contributed by atoms with Gasteiger partial charge < -0.3 is 15.2 Å². The quantitative estimate of drug-likeness (QED) is 0.833. The van der Waals surface area contributed by atoms with Crippen LogP contribution in [0.4, 0.5) is 4.79 Å².